The summed E-state index contributed by atoms with van der Waals surface area (Å²) in [4.78, 5) is 18.9. The van der Waals surface area contributed by atoms with Crippen molar-refractivity contribution in [1.82, 2.24) is 14.5 Å². The standard InChI is InChI=1S/C17H21N3O2/c21-17(13-7-10-22-11-13)19-8-5-14(6-9-19)20-12-18-15-3-1-2-4-16(15)20/h1-4,12-14H,5-11H2. The molecule has 2 aliphatic heterocycles. The minimum atomic E-state index is 0.0885. The smallest absolute Gasteiger partial charge is 0.228 e. The SMILES string of the molecule is O=C(C1CCOC1)N1CCC(n2cnc3ccccc32)CC1. The van der Waals surface area contributed by atoms with Gasteiger partial charge in [-0.3, -0.25) is 4.79 Å². The molecule has 2 saturated heterocycles. The van der Waals surface area contributed by atoms with E-state index < -0.39 is 0 Å². The topological polar surface area (TPSA) is 47.4 Å². The highest BCUT2D eigenvalue weighted by molar-refractivity contribution is 5.79. The first-order chi connectivity index (χ1) is 10.8. The molecular weight excluding hydrogens is 278 g/mol. The van der Waals surface area contributed by atoms with E-state index in [1.54, 1.807) is 0 Å². The number of rotatable bonds is 2. The molecule has 2 aromatic rings. The molecule has 4 rings (SSSR count). The van der Waals surface area contributed by atoms with Gasteiger partial charge in [-0.1, -0.05) is 12.1 Å². The molecule has 2 fully saturated rings. The fourth-order valence-corrected chi connectivity index (χ4v) is 3.62. The van der Waals surface area contributed by atoms with Gasteiger partial charge in [-0.25, -0.2) is 4.98 Å². The molecule has 1 atom stereocenters. The van der Waals surface area contributed by atoms with Gasteiger partial charge in [-0.15, -0.1) is 0 Å². The Morgan fingerprint density at radius 3 is 2.77 bits per heavy atom. The lowest BCUT2D eigenvalue weighted by molar-refractivity contribution is -0.136. The average Bonchev–Trinajstić information content (AvgIpc) is 3.24. The van der Waals surface area contributed by atoms with Crippen molar-refractivity contribution in [2.75, 3.05) is 26.3 Å². The molecule has 116 valence electrons. The summed E-state index contributed by atoms with van der Waals surface area (Å²) in [6.45, 7) is 3.01. The summed E-state index contributed by atoms with van der Waals surface area (Å²) in [5, 5.41) is 0. The molecule has 2 aliphatic rings. The Morgan fingerprint density at radius 1 is 1.18 bits per heavy atom. The zero-order chi connectivity index (χ0) is 14.9. The number of piperidine rings is 1. The van der Waals surface area contributed by atoms with Gasteiger partial charge in [-0.05, 0) is 31.4 Å². The number of benzene rings is 1. The largest absolute Gasteiger partial charge is 0.381 e. The number of amides is 1. The molecule has 5 nitrogen and oxygen atoms in total. The Balaban J connectivity index is 1.44. The van der Waals surface area contributed by atoms with Crippen molar-refractivity contribution in [2.24, 2.45) is 5.92 Å². The molecule has 0 saturated carbocycles. The molecule has 22 heavy (non-hydrogen) atoms. The number of aromatic nitrogens is 2. The maximum Gasteiger partial charge on any atom is 0.228 e. The molecule has 5 heteroatoms. The van der Waals surface area contributed by atoms with Crippen LogP contribution in [0.1, 0.15) is 25.3 Å². The first-order valence-corrected chi connectivity index (χ1v) is 8.11. The van der Waals surface area contributed by atoms with Crippen molar-refractivity contribution in [3.8, 4) is 0 Å². The number of carbonyl (C=O) groups excluding carboxylic acids is 1. The lowest BCUT2D eigenvalue weighted by atomic mass is 10.0. The number of hydrogen-bond donors (Lipinski definition) is 0. The fraction of sp³-hybridized carbons (Fsp3) is 0.529. The monoisotopic (exact) mass is 299 g/mol. The van der Waals surface area contributed by atoms with Crippen molar-refractivity contribution in [3.63, 3.8) is 0 Å². The van der Waals surface area contributed by atoms with Crippen LogP contribution in [-0.4, -0.2) is 46.7 Å². The molecule has 3 heterocycles. The predicted molar refractivity (Wildman–Crippen MR) is 83.5 cm³/mol. The van der Waals surface area contributed by atoms with Crippen LogP contribution in [0.4, 0.5) is 0 Å². The molecule has 0 radical (unpaired) electrons. The Morgan fingerprint density at radius 2 is 2.00 bits per heavy atom. The first kappa shape index (κ1) is 13.8. The van der Waals surface area contributed by atoms with E-state index in [1.165, 1.54) is 5.52 Å². The zero-order valence-electron chi connectivity index (χ0n) is 12.6. The number of para-hydroxylation sites is 2. The van der Waals surface area contributed by atoms with Crippen LogP contribution in [-0.2, 0) is 9.53 Å². The summed E-state index contributed by atoms with van der Waals surface area (Å²) in [5.41, 5.74) is 2.24. The third-order valence-electron chi connectivity index (χ3n) is 4.93. The second kappa shape index (κ2) is 5.72. The van der Waals surface area contributed by atoms with E-state index in [0.29, 0.717) is 12.6 Å². The molecule has 0 aliphatic carbocycles. The number of ether oxygens (including phenoxy) is 1. The van der Waals surface area contributed by atoms with Crippen LogP contribution >= 0.6 is 0 Å². The van der Waals surface area contributed by atoms with Crippen LogP contribution in [0.2, 0.25) is 0 Å². The quantitative estimate of drug-likeness (QED) is 0.854. The average molecular weight is 299 g/mol. The number of fused-ring (bicyclic) bond motifs is 1. The van der Waals surface area contributed by atoms with Gasteiger partial charge < -0.3 is 14.2 Å². The summed E-state index contributed by atoms with van der Waals surface area (Å²) in [6.07, 6.45) is 4.82. The normalized spacial score (nSPS) is 23.3. The summed E-state index contributed by atoms with van der Waals surface area (Å²) < 4.78 is 7.61. The lowest BCUT2D eigenvalue weighted by Gasteiger charge is -2.34. The van der Waals surface area contributed by atoms with Crippen molar-refractivity contribution in [3.05, 3.63) is 30.6 Å². The number of hydrogen-bond acceptors (Lipinski definition) is 3. The third kappa shape index (κ3) is 2.39. The van der Waals surface area contributed by atoms with Crippen LogP contribution in [0, 0.1) is 5.92 Å². The van der Waals surface area contributed by atoms with E-state index in [4.69, 9.17) is 4.74 Å². The van der Waals surface area contributed by atoms with Gasteiger partial charge in [0.05, 0.1) is 29.9 Å². The van der Waals surface area contributed by atoms with Gasteiger partial charge in [0.1, 0.15) is 0 Å². The van der Waals surface area contributed by atoms with Crippen LogP contribution in [0.15, 0.2) is 30.6 Å². The Bertz CT molecular complexity index is 667. The predicted octanol–water partition coefficient (Wildman–Crippen LogP) is 2.24. The molecule has 0 bridgehead atoms. The molecule has 1 amide bonds. The van der Waals surface area contributed by atoms with Crippen LogP contribution in [0.5, 0.6) is 0 Å². The van der Waals surface area contributed by atoms with Crippen LogP contribution in [0.3, 0.4) is 0 Å². The number of nitrogens with zero attached hydrogens (tertiary/aromatic N) is 3. The number of likely N-dealkylation sites (tertiary alicyclic amines) is 1. The van der Waals surface area contributed by atoms with E-state index >= 15 is 0 Å². The summed E-state index contributed by atoms with van der Waals surface area (Å²) in [5.74, 6) is 0.372. The molecule has 0 N–H and O–H groups in total. The van der Waals surface area contributed by atoms with Crippen molar-refractivity contribution >= 4 is 16.9 Å². The van der Waals surface area contributed by atoms with E-state index in [0.717, 1.165) is 44.5 Å². The van der Waals surface area contributed by atoms with Gasteiger partial charge >= 0.3 is 0 Å². The van der Waals surface area contributed by atoms with E-state index in [2.05, 4.69) is 21.7 Å². The minimum Gasteiger partial charge on any atom is -0.381 e. The minimum absolute atomic E-state index is 0.0885. The number of carbonyl (C=O) groups is 1. The Labute approximate surface area is 129 Å². The van der Waals surface area contributed by atoms with Crippen LogP contribution < -0.4 is 0 Å². The van der Waals surface area contributed by atoms with E-state index in [1.807, 2.05) is 23.4 Å². The van der Waals surface area contributed by atoms with Crippen molar-refractivity contribution in [1.29, 1.82) is 0 Å². The summed E-state index contributed by atoms with van der Waals surface area (Å²) in [7, 11) is 0. The van der Waals surface area contributed by atoms with Gasteiger partial charge in [0, 0.05) is 25.7 Å². The van der Waals surface area contributed by atoms with Crippen molar-refractivity contribution < 1.29 is 9.53 Å². The third-order valence-corrected chi connectivity index (χ3v) is 4.93. The highest BCUT2D eigenvalue weighted by Gasteiger charge is 2.31. The zero-order valence-corrected chi connectivity index (χ0v) is 12.6. The van der Waals surface area contributed by atoms with Gasteiger partial charge in [-0.2, -0.15) is 0 Å². The lowest BCUT2D eigenvalue weighted by Crippen LogP contribution is -2.42. The maximum atomic E-state index is 12.4. The van der Waals surface area contributed by atoms with Gasteiger partial charge in [0.15, 0.2) is 0 Å². The second-order valence-corrected chi connectivity index (χ2v) is 6.26. The second-order valence-electron chi connectivity index (χ2n) is 6.26. The van der Waals surface area contributed by atoms with E-state index in [9.17, 15) is 4.79 Å². The van der Waals surface area contributed by atoms with Gasteiger partial charge in [0.25, 0.3) is 0 Å². The van der Waals surface area contributed by atoms with Crippen LogP contribution in [0.25, 0.3) is 11.0 Å². The molecule has 1 aromatic carbocycles. The fourth-order valence-electron chi connectivity index (χ4n) is 3.62. The van der Waals surface area contributed by atoms with E-state index in [-0.39, 0.29) is 11.8 Å². The van der Waals surface area contributed by atoms with Gasteiger partial charge in [0.2, 0.25) is 5.91 Å². The Kier molecular flexibility index (Phi) is 3.58. The molecule has 1 aromatic heterocycles. The summed E-state index contributed by atoms with van der Waals surface area (Å²) >= 11 is 0. The Hall–Kier alpha value is -1.88. The molecule has 1 unspecified atom stereocenters. The summed E-state index contributed by atoms with van der Waals surface area (Å²) in [6, 6.07) is 8.68. The highest BCUT2D eigenvalue weighted by Crippen LogP contribution is 2.28. The number of imidazole rings is 1. The maximum absolute atomic E-state index is 12.4. The molecular formula is C17H21N3O2. The molecule has 0 spiro atoms. The van der Waals surface area contributed by atoms with Crippen molar-refractivity contribution in [2.45, 2.75) is 25.3 Å². The first-order valence-electron chi connectivity index (χ1n) is 8.11. The highest BCUT2D eigenvalue weighted by atomic mass is 16.5.